The standard InChI is InChI=1S/C59H53BN2/c1-32-18-20-40(36(5)24-32)37-27-46-49-31-39(59(9,10)11)30-48-45-29-38(58(6,7)8)19-23-51(45)62(56(48)49)60-50-26-33(2)25-47-44-22-21-41-42(53-34(3)14-12-15-35(53)4)16-13-17-43(41)55(44)61(57(47)50)52(28-37)54(46)60/h12-31H,1-11H3. The Labute approximate surface area is 365 Å². The first-order valence-corrected chi connectivity index (χ1v) is 22.5. The van der Waals surface area contributed by atoms with Gasteiger partial charge in [0.15, 0.2) is 0 Å². The third-order valence-corrected chi connectivity index (χ3v) is 14.6. The van der Waals surface area contributed by atoms with Crippen LogP contribution in [0.2, 0.25) is 0 Å². The Hall–Kier alpha value is -6.32. The fourth-order valence-electron chi connectivity index (χ4n) is 11.7. The first-order valence-electron chi connectivity index (χ1n) is 22.5. The molecule has 2 nitrogen and oxygen atoms in total. The summed E-state index contributed by atoms with van der Waals surface area (Å²) >= 11 is 0. The zero-order chi connectivity index (χ0) is 42.9. The van der Waals surface area contributed by atoms with Gasteiger partial charge in [-0.1, -0.05) is 132 Å². The lowest BCUT2D eigenvalue weighted by Gasteiger charge is -2.35. The summed E-state index contributed by atoms with van der Waals surface area (Å²) in [6.07, 6.45) is 0. The van der Waals surface area contributed by atoms with Crippen molar-refractivity contribution in [1.82, 2.24) is 9.05 Å². The molecular weight excluding hydrogens is 747 g/mol. The van der Waals surface area contributed by atoms with Crippen LogP contribution < -0.4 is 10.9 Å². The Bertz CT molecular complexity index is 3630. The van der Waals surface area contributed by atoms with Gasteiger partial charge in [0.05, 0.1) is 11.0 Å². The second kappa shape index (κ2) is 12.4. The van der Waals surface area contributed by atoms with Crippen LogP contribution in [0.15, 0.2) is 121 Å². The Morgan fingerprint density at radius 1 is 0.435 bits per heavy atom. The zero-order valence-electron chi connectivity index (χ0n) is 38.0. The number of hydrogen-bond acceptors (Lipinski definition) is 0. The van der Waals surface area contributed by atoms with Crippen LogP contribution in [-0.4, -0.2) is 15.9 Å². The maximum atomic E-state index is 2.74. The lowest BCUT2D eigenvalue weighted by atomic mass is 9.45. The number of aryl methyl sites for hydroxylation is 5. The van der Waals surface area contributed by atoms with Crippen LogP contribution in [0, 0.1) is 34.6 Å². The Morgan fingerprint density at radius 3 is 1.87 bits per heavy atom. The lowest BCUT2D eigenvalue weighted by Crippen LogP contribution is -2.55. The number of nitrogens with zero attached hydrogens (tertiary/aromatic N) is 2. The van der Waals surface area contributed by atoms with Crippen LogP contribution in [-0.2, 0) is 10.8 Å². The van der Waals surface area contributed by atoms with Crippen LogP contribution in [0.5, 0.6) is 0 Å². The van der Waals surface area contributed by atoms with Crippen LogP contribution in [0.3, 0.4) is 0 Å². The molecule has 0 atom stereocenters. The molecule has 2 aliphatic rings. The van der Waals surface area contributed by atoms with Crippen molar-refractivity contribution in [3.63, 3.8) is 0 Å². The molecule has 0 N–H and O–H groups in total. The predicted octanol–water partition coefficient (Wildman–Crippen LogP) is 14.5. The molecule has 3 heteroatoms. The van der Waals surface area contributed by atoms with Gasteiger partial charge in [-0.3, -0.25) is 0 Å². The highest BCUT2D eigenvalue weighted by Crippen LogP contribution is 2.48. The molecule has 12 rings (SSSR count). The second-order valence-electron chi connectivity index (χ2n) is 20.9. The van der Waals surface area contributed by atoms with Crippen molar-refractivity contribution in [3.05, 3.63) is 160 Å². The van der Waals surface area contributed by atoms with Gasteiger partial charge in [0.25, 0.3) is 0 Å². The van der Waals surface area contributed by atoms with Crippen LogP contribution in [0.1, 0.15) is 80.5 Å². The molecule has 0 bridgehead atoms. The van der Waals surface area contributed by atoms with E-state index in [1.165, 1.54) is 143 Å². The number of aromatic nitrogens is 2. The number of hydrogen-bond donors (Lipinski definition) is 0. The summed E-state index contributed by atoms with van der Waals surface area (Å²) in [6.45, 7) is 25.4. The predicted molar refractivity (Wildman–Crippen MR) is 269 cm³/mol. The summed E-state index contributed by atoms with van der Waals surface area (Å²) in [7, 11) is 0. The van der Waals surface area contributed by atoms with Crippen molar-refractivity contribution < 1.29 is 0 Å². The molecule has 302 valence electrons. The Morgan fingerprint density at radius 2 is 1.13 bits per heavy atom. The third-order valence-electron chi connectivity index (χ3n) is 14.6. The Balaban J connectivity index is 1.30. The van der Waals surface area contributed by atoms with Crippen molar-refractivity contribution >= 4 is 72.2 Å². The average molecular weight is 801 g/mol. The second-order valence-corrected chi connectivity index (χ2v) is 20.9. The van der Waals surface area contributed by atoms with Gasteiger partial charge in [0.1, 0.15) is 0 Å². The van der Waals surface area contributed by atoms with E-state index in [0.29, 0.717) is 0 Å². The highest BCUT2D eigenvalue weighted by Gasteiger charge is 2.43. The highest BCUT2D eigenvalue weighted by molar-refractivity contribution is 6.90. The summed E-state index contributed by atoms with van der Waals surface area (Å²) in [5.74, 6) is 0. The smallest absolute Gasteiger partial charge is 0.333 e. The maximum Gasteiger partial charge on any atom is 0.333 e. The molecule has 0 saturated carbocycles. The number of rotatable bonds is 2. The van der Waals surface area contributed by atoms with Gasteiger partial charge >= 0.3 is 6.85 Å². The number of fused-ring (bicyclic) bond motifs is 12. The average Bonchev–Trinajstić information content (AvgIpc) is 3.73. The minimum Gasteiger partial charge on any atom is -0.375 e. The molecule has 0 aliphatic carbocycles. The summed E-state index contributed by atoms with van der Waals surface area (Å²) in [5.41, 5.74) is 26.5. The van der Waals surface area contributed by atoms with E-state index in [4.69, 9.17) is 0 Å². The molecule has 2 aliphatic heterocycles. The summed E-state index contributed by atoms with van der Waals surface area (Å²) < 4.78 is 5.44. The van der Waals surface area contributed by atoms with Crippen molar-refractivity contribution in [2.24, 2.45) is 0 Å². The molecule has 0 spiro atoms. The van der Waals surface area contributed by atoms with Gasteiger partial charge in [-0.2, -0.15) is 0 Å². The van der Waals surface area contributed by atoms with Crippen molar-refractivity contribution in [2.45, 2.75) is 87.0 Å². The first kappa shape index (κ1) is 37.4. The fraction of sp³-hybridized carbons (Fsp3) is 0.220. The monoisotopic (exact) mass is 800 g/mol. The molecule has 4 heterocycles. The quantitative estimate of drug-likeness (QED) is 0.154. The maximum absolute atomic E-state index is 2.74. The van der Waals surface area contributed by atoms with E-state index in [-0.39, 0.29) is 17.7 Å². The molecule has 0 radical (unpaired) electrons. The van der Waals surface area contributed by atoms with Crippen molar-refractivity contribution in [2.75, 3.05) is 0 Å². The van der Waals surface area contributed by atoms with Gasteiger partial charge in [-0.05, 0) is 160 Å². The van der Waals surface area contributed by atoms with Crippen LogP contribution in [0.4, 0.5) is 0 Å². The minimum atomic E-state index is -0.0403. The SMILES string of the molecule is Cc1ccc(-c2cc3c4c(c2)-n2c5c(cc(C)cc5c5ccc6c(-c7c(C)cccc7C)cccc6c52)B4n2c4ccc(C(C)(C)C)cc4c4cc(C(C)(C)C)cc-3c42)c(C)c1. The van der Waals surface area contributed by atoms with E-state index in [0.717, 1.165) is 0 Å². The van der Waals surface area contributed by atoms with Crippen molar-refractivity contribution in [3.8, 4) is 39.1 Å². The van der Waals surface area contributed by atoms with Gasteiger partial charge in [-0.25, -0.2) is 0 Å². The fourth-order valence-corrected chi connectivity index (χ4v) is 11.7. The summed E-state index contributed by atoms with van der Waals surface area (Å²) in [5, 5.41) is 7.94. The third kappa shape index (κ3) is 5.00. The zero-order valence-corrected chi connectivity index (χ0v) is 38.0. The first-order chi connectivity index (χ1) is 29.6. The molecule has 8 aromatic carbocycles. The molecule has 0 fully saturated rings. The molecule has 0 unspecified atom stereocenters. The number of benzene rings is 8. The summed E-state index contributed by atoms with van der Waals surface area (Å²) in [6, 6.07) is 47.9. The van der Waals surface area contributed by atoms with E-state index in [2.05, 4.69) is 207 Å². The van der Waals surface area contributed by atoms with Crippen molar-refractivity contribution in [1.29, 1.82) is 0 Å². The molecule has 10 aromatic rings. The molecule has 0 amide bonds. The van der Waals surface area contributed by atoms with E-state index in [1.807, 2.05) is 0 Å². The van der Waals surface area contributed by atoms with Gasteiger partial charge in [0, 0.05) is 49.2 Å². The van der Waals surface area contributed by atoms with Crippen LogP contribution >= 0.6 is 0 Å². The van der Waals surface area contributed by atoms with E-state index >= 15 is 0 Å². The molecular formula is C59H53BN2. The van der Waals surface area contributed by atoms with E-state index in [1.54, 1.807) is 0 Å². The Kier molecular flexibility index (Phi) is 7.50. The normalized spacial score (nSPS) is 13.4. The van der Waals surface area contributed by atoms with E-state index < -0.39 is 0 Å². The highest BCUT2D eigenvalue weighted by atomic mass is 15.0. The topological polar surface area (TPSA) is 9.86 Å². The molecule has 0 saturated heterocycles. The lowest BCUT2D eigenvalue weighted by molar-refractivity contribution is 0.590. The summed E-state index contributed by atoms with van der Waals surface area (Å²) in [4.78, 5) is 0. The van der Waals surface area contributed by atoms with E-state index in [9.17, 15) is 0 Å². The largest absolute Gasteiger partial charge is 0.375 e. The van der Waals surface area contributed by atoms with Gasteiger partial charge in [0.2, 0.25) is 0 Å². The molecule has 2 aromatic heterocycles. The molecule has 62 heavy (non-hydrogen) atoms. The minimum absolute atomic E-state index is 0.00251. The van der Waals surface area contributed by atoms with Gasteiger partial charge in [-0.15, -0.1) is 0 Å². The van der Waals surface area contributed by atoms with Crippen LogP contribution in [0.25, 0.3) is 93.5 Å². The van der Waals surface area contributed by atoms with Gasteiger partial charge < -0.3 is 9.05 Å².